The van der Waals surface area contributed by atoms with E-state index in [2.05, 4.69) is 5.32 Å². The van der Waals surface area contributed by atoms with E-state index in [9.17, 15) is 9.59 Å². The lowest BCUT2D eigenvalue weighted by Gasteiger charge is -2.21. The first kappa shape index (κ1) is 23.5. The van der Waals surface area contributed by atoms with E-state index < -0.39 is 5.92 Å². The van der Waals surface area contributed by atoms with Crippen LogP contribution >= 0.6 is 0 Å². The molecule has 0 spiro atoms. The van der Waals surface area contributed by atoms with Gasteiger partial charge >= 0.3 is 0 Å². The van der Waals surface area contributed by atoms with Crippen molar-refractivity contribution >= 4 is 11.8 Å². The second-order valence-corrected chi connectivity index (χ2v) is 8.61. The zero-order valence-corrected chi connectivity index (χ0v) is 20.0. The summed E-state index contributed by atoms with van der Waals surface area (Å²) in [5.74, 6) is 1.66. The van der Waals surface area contributed by atoms with E-state index in [1.165, 1.54) is 0 Å². The van der Waals surface area contributed by atoms with Crippen molar-refractivity contribution in [3.8, 4) is 28.7 Å². The molecule has 0 unspecified atom stereocenters. The maximum atomic E-state index is 13.4. The summed E-state index contributed by atoms with van der Waals surface area (Å²) in [7, 11) is 4.64. The van der Waals surface area contributed by atoms with E-state index in [0.29, 0.717) is 40.9 Å². The Morgan fingerprint density at radius 2 is 1.65 bits per heavy atom. The van der Waals surface area contributed by atoms with Crippen molar-refractivity contribution in [2.75, 3.05) is 41.2 Å². The Labute approximate surface area is 198 Å². The second kappa shape index (κ2) is 9.70. The molecule has 0 aromatic heterocycles. The Morgan fingerprint density at radius 1 is 0.971 bits per heavy atom. The third kappa shape index (κ3) is 4.42. The number of ether oxygens (including phenoxy) is 5. The van der Waals surface area contributed by atoms with Gasteiger partial charge in [-0.05, 0) is 49.7 Å². The minimum atomic E-state index is -0.442. The van der Waals surface area contributed by atoms with Gasteiger partial charge in [0, 0.05) is 30.6 Å². The lowest BCUT2D eigenvalue weighted by atomic mass is 9.87. The highest BCUT2D eigenvalue weighted by atomic mass is 16.7. The maximum absolute atomic E-state index is 13.4. The summed E-state index contributed by atoms with van der Waals surface area (Å²) in [6.07, 6.45) is 0. The summed E-state index contributed by atoms with van der Waals surface area (Å²) in [5, 5.41) is 3.00. The Hall–Kier alpha value is -3.62. The zero-order chi connectivity index (χ0) is 24.4. The molecular formula is C25H30N2O7. The predicted octanol–water partition coefficient (Wildman–Crippen LogP) is 2.82. The van der Waals surface area contributed by atoms with Crippen LogP contribution in [0.1, 0.15) is 35.7 Å². The number of methoxy groups -OCH3 is 3. The highest BCUT2D eigenvalue weighted by Gasteiger charge is 2.41. The van der Waals surface area contributed by atoms with Crippen LogP contribution < -0.4 is 29.0 Å². The first-order valence-electron chi connectivity index (χ1n) is 11.2. The average molecular weight is 471 g/mol. The molecule has 0 radical (unpaired) electrons. The molecule has 2 aliphatic heterocycles. The van der Waals surface area contributed by atoms with Gasteiger partial charge in [-0.15, -0.1) is 0 Å². The average Bonchev–Trinajstić information content (AvgIpc) is 3.49. The number of hydrogen-bond acceptors (Lipinski definition) is 7. The quantitative estimate of drug-likeness (QED) is 0.665. The molecule has 9 nitrogen and oxygen atoms in total. The zero-order valence-electron chi connectivity index (χ0n) is 20.0. The van der Waals surface area contributed by atoms with Crippen molar-refractivity contribution < 1.29 is 33.3 Å². The Balaban J connectivity index is 1.67. The van der Waals surface area contributed by atoms with Crippen molar-refractivity contribution in [3.05, 3.63) is 41.5 Å². The molecule has 182 valence electrons. The Bertz CT molecular complexity index is 1060. The molecule has 2 aliphatic rings. The Kier molecular flexibility index (Phi) is 6.72. The SMILES string of the molecule is COc1cc([C@H]2CN(C(=O)c3ccc4c(c3)OCO4)C[C@@H]2C(=O)NC(C)C)cc(OC)c1OC. The van der Waals surface area contributed by atoms with Gasteiger partial charge in [0.25, 0.3) is 5.91 Å². The molecule has 0 saturated carbocycles. The molecule has 9 heteroatoms. The molecule has 1 fully saturated rings. The van der Waals surface area contributed by atoms with Gasteiger partial charge in [-0.3, -0.25) is 9.59 Å². The summed E-state index contributed by atoms with van der Waals surface area (Å²) < 4.78 is 27.2. The number of rotatable bonds is 7. The van der Waals surface area contributed by atoms with Gasteiger partial charge in [0.2, 0.25) is 18.4 Å². The number of amides is 2. The van der Waals surface area contributed by atoms with Gasteiger partial charge in [-0.1, -0.05) is 0 Å². The van der Waals surface area contributed by atoms with Crippen molar-refractivity contribution in [2.24, 2.45) is 5.92 Å². The molecule has 34 heavy (non-hydrogen) atoms. The largest absolute Gasteiger partial charge is 0.493 e. The lowest BCUT2D eigenvalue weighted by Crippen LogP contribution is -2.39. The van der Waals surface area contributed by atoms with Crippen molar-refractivity contribution in [2.45, 2.75) is 25.8 Å². The fraction of sp³-hybridized carbons (Fsp3) is 0.440. The molecule has 2 aromatic carbocycles. The number of carbonyl (C=O) groups is 2. The second-order valence-electron chi connectivity index (χ2n) is 8.61. The van der Waals surface area contributed by atoms with Crippen LogP contribution in [0.5, 0.6) is 28.7 Å². The third-order valence-corrected chi connectivity index (χ3v) is 6.11. The summed E-state index contributed by atoms with van der Waals surface area (Å²) in [6.45, 7) is 4.61. The molecule has 2 aromatic rings. The minimum absolute atomic E-state index is 0.0216. The Morgan fingerprint density at radius 3 is 2.26 bits per heavy atom. The first-order valence-corrected chi connectivity index (χ1v) is 11.2. The van der Waals surface area contributed by atoms with Gasteiger partial charge in [-0.2, -0.15) is 0 Å². The van der Waals surface area contributed by atoms with Crippen LogP contribution in [0.4, 0.5) is 0 Å². The van der Waals surface area contributed by atoms with Gasteiger partial charge in [0.15, 0.2) is 23.0 Å². The van der Waals surface area contributed by atoms with E-state index in [1.54, 1.807) is 44.4 Å². The molecule has 2 atom stereocenters. The fourth-order valence-corrected chi connectivity index (χ4v) is 4.49. The molecule has 1 saturated heterocycles. The summed E-state index contributed by atoms with van der Waals surface area (Å²) in [6, 6.07) is 8.79. The van der Waals surface area contributed by atoms with E-state index in [4.69, 9.17) is 23.7 Å². The number of hydrogen-bond donors (Lipinski definition) is 1. The van der Waals surface area contributed by atoms with E-state index >= 15 is 0 Å². The number of likely N-dealkylation sites (tertiary alicyclic amines) is 1. The van der Waals surface area contributed by atoms with Crippen molar-refractivity contribution in [1.29, 1.82) is 0 Å². The van der Waals surface area contributed by atoms with E-state index in [1.807, 2.05) is 26.0 Å². The van der Waals surface area contributed by atoms with Gasteiger partial charge in [0.05, 0.1) is 27.2 Å². The van der Waals surface area contributed by atoms with Gasteiger partial charge in [0.1, 0.15) is 0 Å². The number of carbonyl (C=O) groups excluding carboxylic acids is 2. The van der Waals surface area contributed by atoms with E-state index in [0.717, 1.165) is 5.56 Å². The van der Waals surface area contributed by atoms with Crippen LogP contribution in [0.15, 0.2) is 30.3 Å². The molecule has 0 bridgehead atoms. The van der Waals surface area contributed by atoms with Crippen LogP contribution in [0, 0.1) is 5.92 Å². The van der Waals surface area contributed by atoms with Crippen LogP contribution in [-0.4, -0.2) is 64.0 Å². The number of nitrogens with zero attached hydrogens (tertiary/aromatic N) is 1. The smallest absolute Gasteiger partial charge is 0.254 e. The van der Waals surface area contributed by atoms with Crippen molar-refractivity contribution in [1.82, 2.24) is 10.2 Å². The highest BCUT2D eigenvalue weighted by Crippen LogP contribution is 2.43. The van der Waals surface area contributed by atoms with Crippen LogP contribution in [0.25, 0.3) is 0 Å². The van der Waals surface area contributed by atoms with Crippen LogP contribution in [0.2, 0.25) is 0 Å². The lowest BCUT2D eigenvalue weighted by molar-refractivity contribution is -0.125. The van der Waals surface area contributed by atoms with Crippen molar-refractivity contribution in [3.63, 3.8) is 0 Å². The number of benzene rings is 2. The molecule has 2 heterocycles. The standard InChI is InChI=1S/C25H30N2O7/c1-14(2)26-24(28)18-12-27(25(29)15-6-7-19-20(8-15)34-13-33-19)11-17(18)16-9-21(30-3)23(32-5)22(10-16)31-4/h6-10,14,17-18H,11-13H2,1-5H3,(H,26,28)/t17-,18+/m1/s1. The molecule has 0 aliphatic carbocycles. The van der Waals surface area contributed by atoms with Gasteiger partial charge < -0.3 is 33.9 Å². The molecule has 2 amide bonds. The van der Waals surface area contributed by atoms with Crippen LogP contribution in [0.3, 0.4) is 0 Å². The first-order chi connectivity index (χ1) is 16.4. The highest BCUT2D eigenvalue weighted by molar-refractivity contribution is 5.96. The maximum Gasteiger partial charge on any atom is 0.254 e. The normalized spacial score (nSPS) is 18.7. The van der Waals surface area contributed by atoms with E-state index in [-0.39, 0.29) is 37.1 Å². The number of nitrogens with one attached hydrogen (secondary N) is 1. The van der Waals surface area contributed by atoms with Crippen LogP contribution in [-0.2, 0) is 4.79 Å². The summed E-state index contributed by atoms with van der Waals surface area (Å²) in [4.78, 5) is 28.3. The predicted molar refractivity (Wildman–Crippen MR) is 124 cm³/mol. The topological polar surface area (TPSA) is 95.6 Å². The molecular weight excluding hydrogens is 440 g/mol. The van der Waals surface area contributed by atoms with Gasteiger partial charge in [-0.25, -0.2) is 0 Å². The minimum Gasteiger partial charge on any atom is -0.493 e. The fourth-order valence-electron chi connectivity index (χ4n) is 4.49. The summed E-state index contributed by atoms with van der Waals surface area (Å²) >= 11 is 0. The summed E-state index contributed by atoms with van der Waals surface area (Å²) in [5.41, 5.74) is 1.32. The third-order valence-electron chi connectivity index (χ3n) is 6.11. The molecule has 4 rings (SSSR count). The monoisotopic (exact) mass is 470 g/mol. The molecule has 1 N–H and O–H groups in total. The number of fused-ring (bicyclic) bond motifs is 1.